The molecule has 0 aliphatic rings. The van der Waals surface area contributed by atoms with E-state index in [9.17, 15) is 26.1 Å². The van der Waals surface area contributed by atoms with Gasteiger partial charge in [0.15, 0.2) is 11.5 Å². The maximum atomic E-state index is 12.2. The maximum Gasteiger partial charge on any atom is 0.573 e. The number of hydrogen-bond acceptors (Lipinski definition) is 2. The Bertz CT molecular complexity index is 454. The van der Waals surface area contributed by atoms with Gasteiger partial charge in [-0.2, -0.15) is 0 Å². The molecule has 19 heavy (non-hydrogen) atoms. The summed E-state index contributed by atoms with van der Waals surface area (Å²) < 4.78 is 81.0. The van der Waals surface area contributed by atoms with E-state index in [0.717, 1.165) is 12.1 Å². The highest BCUT2D eigenvalue weighted by atomic mass is 19.4. The van der Waals surface area contributed by atoms with Crippen molar-refractivity contribution in [2.45, 2.75) is 6.36 Å². The SMILES string of the molecule is C=C(COc1ccccc1OC(F)(F)F)[B-](F)(F)F. The second-order valence-corrected chi connectivity index (χ2v) is 3.52. The minimum Gasteiger partial charge on any atom is -0.489 e. The molecule has 0 aromatic heterocycles. The van der Waals surface area contributed by atoms with Gasteiger partial charge in [0.2, 0.25) is 0 Å². The van der Waals surface area contributed by atoms with E-state index in [2.05, 4.69) is 16.1 Å². The molecule has 0 aliphatic carbocycles. The van der Waals surface area contributed by atoms with Crippen molar-refractivity contribution in [2.24, 2.45) is 0 Å². The molecule has 1 rings (SSSR count). The zero-order valence-corrected chi connectivity index (χ0v) is 9.39. The highest BCUT2D eigenvalue weighted by Crippen LogP contribution is 2.32. The van der Waals surface area contributed by atoms with Gasteiger partial charge in [-0.15, -0.1) is 25.2 Å². The Hall–Kier alpha value is -1.80. The van der Waals surface area contributed by atoms with Gasteiger partial charge in [-0.3, -0.25) is 0 Å². The van der Waals surface area contributed by atoms with Crippen molar-refractivity contribution in [1.82, 2.24) is 0 Å². The number of halogens is 6. The average molecular weight is 285 g/mol. The van der Waals surface area contributed by atoms with E-state index in [4.69, 9.17) is 0 Å². The molecule has 0 unspecified atom stereocenters. The van der Waals surface area contributed by atoms with E-state index in [1.54, 1.807) is 0 Å². The van der Waals surface area contributed by atoms with Crippen molar-refractivity contribution in [3.63, 3.8) is 0 Å². The zero-order valence-electron chi connectivity index (χ0n) is 9.39. The van der Waals surface area contributed by atoms with Crippen LogP contribution in [0.3, 0.4) is 0 Å². The van der Waals surface area contributed by atoms with E-state index in [1.165, 1.54) is 12.1 Å². The van der Waals surface area contributed by atoms with E-state index >= 15 is 0 Å². The zero-order chi connectivity index (χ0) is 14.7. The lowest BCUT2D eigenvalue weighted by Gasteiger charge is -2.19. The quantitative estimate of drug-likeness (QED) is 0.603. The standard InChI is InChI=1S/C10H8BF6O2/c1-7(11(15,16)17)6-18-8-4-2-3-5-9(8)19-10(12,13)14/h2-5H,1,6H2/q-1. The first kappa shape index (κ1) is 15.3. The molecule has 0 saturated heterocycles. The third-order valence-electron chi connectivity index (χ3n) is 1.95. The minimum absolute atomic E-state index is 0.443. The molecule has 1 aromatic rings. The van der Waals surface area contributed by atoms with Crippen LogP contribution < -0.4 is 9.47 Å². The summed E-state index contributed by atoms with van der Waals surface area (Å²) >= 11 is 0. The van der Waals surface area contributed by atoms with Gasteiger partial charge in [-0.1, -0.05) is 12.1 Å². The van der Waals surface area contributed by atoms with Crippen molar-refractivity contribution in [3.05, 3.63) is 36.3 Å². The second-order valence-electron chi connectivity index (χ2n) is 3.52. The molecule has 0 aliphatic heterocycles. The summed E-state index contributed by atoms with van der Waals surface area (Å²) in [5, 5.41) is 0. The lowest BCUT2D eigenvalue weighted by molar-refractivity contribution is -0.275. The van der Waals surface area contributed by atoms with Crippen LogP contribution in [0.4, 0.5) is 26.1 Å². The summed E-state index contributed by atoms with van der Waals surface area (Å²) in [5.74, 6) is -1.15. The number of rotatable bonds is 5. The number of benzene rings is 1. The minimum atomic E-state index is -5.29. The number of hydrogen-bond donors (Lipinski definition) is 0. The molecule has 106 valence electrons. The maximum absolute atomic E-state index is 12.2. The highest BCUT2D eigenvalue weighted by Gasteiger charge is 2.32. The lowest BCUT2D eigenvalue weighted by Crippen LogP contribution is -2.24. The molecule has 2 nitrogen and oxygen atoms in total. The monoisotopic (exact) mass is 285 g/mol. The van der Waals surface area contributed by atoms with E-state index < -0.39 is 36.9 Å². The predicted molar refractivity (Wildman–Crippen MR) is 56.8 cm³/mol. The summed E-state index contributed by atoms with van der Waals surface area (Å²) in [5.41, 5.74) is -1.15. The number of alkyl halides is 3. The van der Waals surface area contributed by atoms with Gasteiger partial charge in [0.1, 0.15) is 0 Å². The van der Waals surface area contributed by atoms with Crippen molar-refractivity contribution in [1.29, 1.82) is 0 Å². The summed E-state index contributed by atoms with van der Waals surface area (Å²) in [4.78, 5) is 0. The van der Waals surface area contributed by atoms with Crippen molar-refractivity contribution >= 4 is 6.98 Å². The van der Waals surface area contributed by atoms with Crippen LogP contribution >= 0.6 is 0 Å². The second kappa shape index (κ2) is 5.46. The molecule has 0 bridgehead atoms. The van der Waals surface area contributed by atoms with Gasteiger partial charge in [-0.25, -0.2) is 0 Å². The fourth-order valence-corrected chi connectivity index (χ4v) is 1.04. The molecule has 0 amide bonds. The molecule has 0 atom stereocenters. The molecule has 0 N–H and O–H groups in total. The normalized spacial score (nSPS) is 12.1. The first-order valence-corrected chi connectivity index (χ1v) is 4.95. The molecule has 1 aromatic carbocycles. The van der Waals surface area contributed by atoms with Gasteiger partial charge < -0.3 is 22.4 Å². The summed E-state index contributed by atoms with van der Waals surface area (Å²) in [6.45, 7) is -3.49. The van der Waals surface area contributed by atoms with Crippen molar-refractivity contribution in [2.75, 3.05) is 6.61 Å². The first-order chi connectivity index (χ1) is 8.59. The van der Waals surface area contributed by atoms with Crippen LogP contribution in [0.15, 0.2) is 36.3 Å². The Morgan fingerprint density at radius 3 is 2.11 bits per heavy atom. The Morgan fingerprint density at radius 1 is 1.11 bits per heavy atom. The van der Waals surface area contributed by atoms with Gasteiger partial charge in [0.25, 0.3) is 0 Å². The molecule has 0 spiro atoms. The Balaban J connectivity index is 2.77. The fraction of sp³-hybridized carbons (Fsp3) is 0.200. The Labute approximate surface area is 104 Å². The molecule has 9 heteroatoms. The molecular weight excluding hydrogens is 277 g/mol. The smallest absolute Gasteiger partial charge is 0.489 e. The third-order valence-corrected chi connectivity index (χ3v) is 1.95. The van der Waals surface area contributed by atoms with Crippen LogP contribution in [0, 0.1) is 0 Å². The molecular formula is C10H8BF6O2-. The van der Waals surface area contributed by atoms with Crippen LogP contribution in [-0.2, 0) is 0 Å². The highest BCUT2D eigenvalue weighted by molar-refractivity contribution is 6.66. The fourth-order valence-electron chi connectivity index (χ4n) is 1.04. The van der Waals surface area contributed by atoms with Crippen molar-refractivity contribution in [3.8, 4) is 11.5 Å². The molecule has 0 radical (unpaired) electrons. The van der Waals surface area contributed by atoms with Crippen LogP contribution in [0.5, 0.6) is 11.5 Å². The van der Waals surface area contributed by atoms with E-state index in [-0.39, 0.29) is 0 Å². The topological polar surface area (TPSA) is 18.5 Å². The first-order valence-electron chi connectivity index (χ1n) is 4.95. The Morgan fingerprint density at radius 2 is 1.63 bits per heavy atom. The van der Waals surface area contributed by atoms with Gasteiger partial charge in [0, 0.05) is 0 Å². The van der Waals surface area contributed by atoms with Crippen LogP contribution in [0.1, 0.15) is 0 Å². The van der Waals surface area contributed by atoms with E-state index in [0.29, 0.717) is 0 Å². The lowest BCUT2D eigenvalue weighted by atomic mass is 9.81. The molecule has 0 heterocycles. The van der Waals surface area contributed by atoms with Gasteiger partial charge in [0.05, 0.1) is 6.61 Å². The predicted octanol–water partition coefficient (Wildman–Crippen LogP) is 3.91. The number of para-hydroxylation sites is 2. The average Bonchev–Trinajstić information content (AvgIpc) is 2.24. The van der Waals surface area contributed by atoms with Crippen LogP contribution in [-0.4, -0.2) is 19.9 Å². The molecule has 0 fully saturated rings. The number of ether oxygens (including phenoxy) is 2. The van der Waals surface area contributed by atoms with Crippen LogP contribution in [0.2, 0.25) is 0 Å². The summed E-state index contributed by atoms with van der Waals surface area (Å²) in [6, 6.07) is 4.54. The third kappa shape index (κ3) is 5.15. The van der Waals surface area contributed by atoms with Crippen LogP contribution in [0.25, 0.3) is 0 Å². The summed E-state index contributed by atoms with van der Waals surface area (Å²) in [7, 11) is 0. The Kier molecular flexibility index (Phi) is 4.38. The van der Waals surface area contributed by atoms with Gasteiger partial charge in [-0.05, 0) is 12.1 Å². The van der Waals surface area contributed by atoms with Gasteiger partial charge >= 0.3 is 13.3 Å². The van der Waals surface area contributed by atoms with Crippen molar-refractivity contribution < 1.29 is 35.6 Å². The molecule has 0 saturated carbocycles. The largest absolute Gasteiger partial charge is 0.573 e. The summed E-state index contributed by atoms with van der Waals surface area (Å²) in [6.07, 6.45) is -4.95. The van der Waals surface area contributed by atoms with E-state index in [1.807, 2.05) is 0 Å².